The summed E-state index contributed by atoms with van der Waals surface area (Å²) < 4.78 is 0. The second kappa shape index (κ2) is 10.4. The zero-order chi connectivity index (χ0) is 24.1. The van der Waals surface area contributed by atoms with Crippen LogP contribution in [0.25, 0.3) is 0 Å². The van der Waals surface area contributed by atoms with Crippen molar-refractivity contribution in [3.63, 3.8) is 0 Å². The zero-order valence-electron chi connectivity index (χ0n) is 19.3. The fraction of sp³-hybridized carbons (Fsp3) is 0.450. The van der Waals surface area contributed by atoms with Gasteiger partial charge in [-0.15, -0.1) is 11.3 Å². The average Bonchev–Trinajstić information content (AvgIpc) is 3.39. The SMILES string of the molecule is C=C(/N=C1\C(=C(/N)N2CCN(C)CC2)N=C(c2nc(C(=O)NC)cs2)N1C)NC(=O)NCC. The molecule has 3 rings (SSSR count). The molecule has 0 atom stereocenters. The number of thiazole rings is 1. The van der Waals surface area contributed by atoms with E-state index in [2.05, 4.69) is 49.4 Å². The van der Waals surface area contributed by atoms with Crippen molar-refractivity contribution in [2.75, 3.05) is 53.9 Å². The van der Waals surface area contributed by atoms with Crippen LogP contribution in [-0.4, -0.2) is 97.2 Å². The molecule has 1 saturated heterocycles. The number of nitrogens with zero attached hydrogens (tertiary/aromatic N) is 6. The van der Waals surface area contributed by atoms with Gasteiger partial charge in [0.25, 0.3) is 5.91 Å². The lowest BCUT2D eigenvalue weighted by Gasteiger charge is -2.34. The van der Waals surface area contributed by atoms with E-state index in [0.717, 1.165) is 26.2 Å². The number of likely N-dealkylation sites (N-methyl/N-ethyl adjacent to an activating group) is 2. The van der Waals surface area contributed by atoms with Crippen molar-refractivity contribution in [1.82, 2.24) is 35.6 Å². The second-order valence-electron chi connectivity index (χ2n) is 7.50. The molecule has 0 aliphatic carbocycles. The molecule has 0 aromatic carbocycles. The fourth-order valence-corrected chi connectivity index (χ4v) is 4.10. The third kappa shape index (κ3) is 5.49. The van der Waals surface area contributed by atoms with E-state index in [1.807, 2.05) is 6.92 Å². The Kier molecular flexibility index (Phi) is 7.66. The van der Waals surface area contributed by atoms with Crippen LogP contribution in [0.3, 0.4) is 0 Å². The van der Waals surface area contributed by atoms with Gasteiger partial charge in [0.15, 0.2) is 16.7 Å². The molecule has 2 aliphatic heterocycles. The van der Waals surface area contributed by atoms with Crippen molar-refractivity contribution in [3.05, 3.63) is 40.0 Å². The number of nitrogens with two attached hydrogens (primary N) is 1. The maximum Gasteiger partial charge on any atom is 0.320 e. The standard InChI is InChI=1S/C20H30N10O2S/c1-6-23-20(32)25-12(2)24-16-14(15(21)30-9-7-28(4)8-10-30)27-17(29(16)5)19-26-13(11-33-19)18(31)22-3/h11H,2,6-10,21H2,1,3-5H3,(H,22,31)(H2,23,25,32)/b15-14-,24-16+. The van der Waals surface area contributed by atoms with E-state index in [0.29, 0.717) is 40.4 Å². The van der Waals surface area contributed by atoms with E-state index in [1.54, 1.807) is 24.4 Å². The Balaban J connectivity index is 1.98. The molecular formula is C20H30N10O2S. The molecule has 1 aromatic rings. The Hall–Kier alpha value is -3.45. The van der Waals surface area contributed by atoms with E-state index >= 15 is 0 Å². The number of carbonyl (C=O) groups excluding carboxylic acids is 2. The summed E-state index contributed by atoms with van der Waals surface area (Å²) in [6.07, 6.45) is 0. The number of hydrogen-bond donors (Lipinski definition) is 4. The topological polar surface area (TPSA) is 144 Å². The molecule has 0 unspecified atom stereocenters. The van der Waals surface area contributed by atoms with Gasteiger partial charge >= 0.3 is 6.03 Å². The molecule has 2 aliphatic rings. The van der Waals surface area contributed by atoms with Gasteiger partial charge in [-0.2, -0.15) is 0 Å². The first-order valence-electron chi connectivity index (χ1n) is 10.5. The second-order valence-corrected chi connectivity index (χ2v) is 8.36. The van der Waals surface area contributed by atoms with Gasteiger partial charge in [0.05, 0.1) is 0 Å². The molecule has 3 amide bonds. The van der Waals surface area contributed by atoms with Gasteiger partial charge in [-0.05, 0) is 14.0 Å². The number of aliphatic imine (C=N–C) groups is 2. The molecule has 12 nitrogen and oxygen atoms in total. The minimum Gasteiger partial charge on any atom is -0.383 e. The number of rotatable bonds is 6. The van der Waals surface area contributed by atoms with Crippen LogP contribution >= 0.6 is 11.3 Å². The smallest absolute Gasteiger partial charge is 0.320 e. The van der Waals surface area contributed by atoms with Crippen molar-refractivity contribution in [3.8, 4) is 0 Å². The highest BCUT2D eigenvalue weighted by Gasteiger charge is 2.32. The van der Waals surface area contributed by atoms with Gasteiger partial charge in [0, 0.05) is 52.2 Å². The first-order chi connectivity index (χ1) is 15.7. The van der Waals surface area contributed by atoms with Gasteiger partial charge in [-0.3, -0.25) is 10.1 Å². The third-order valence-corrected chi connectivity index (χ3v) is 5.98. The van der Waals surface area contributed by atoms with E-state index in [1.165, 1.54) is 11.3 Å². The first kappa shape index (κ1) is 24.2. The molecule has 0 spiro atoms. The Morgan fingerprint density at radius 3 is 2.61 bits per heavy atom. The number of amidine groups is 2. The highest BCUT2D eigenvalue weighted by atomic mass is 32.1. The average molecular weight is 475 g/mol. The molecule has 1 fully saturated rings. The quantitative estimate of drug-likeness (QED) is 0.445. The van der Waals surface area contributed by atoms with Gasteiger partial charge in [-0.1, -0.05) is 6.58 Å². The van der Waals surface area contributed by atoms with Crippen molar-refractivity contribution >= 4 is 34.9 Å². The number of hydrogen-bond acceptors (Lipinski definition) is 9. The molecule has 13 heteroatoms. The minimum atomic E-state index is -0.402. The summed E-state index contributed by atoms with van der Waals surface area (Å²) >= 11 is 1.30. The number of piperazine rings is 1. The summed E-state index contributed by atoms with van der Waals surface area (Å²) in [5.74, 6) is 1.29. The lowest BCUT2D eigenvalue weighted by molar-refractivity contribution is 0.0959. The number of carbonyl (C=O) groups is 2. The Morgan fingerprint density at radius 1 is 1.27 bits per heavy atom. The molecule has 0 saturated carbocycles. The molecule has 1 aromatic heterocycles. The Morgan fingerprint density at radius 2 is 1.97 bits per heavy atom. The highest BCUT2D eigenvalue weighted by molar-refractivity contribution is 7.12. The minimum absolute atomic E-state index is 0.146. The molecule has 3 heterocycles. The summed E-state index contributed by atoms with van der Waals surface area (Å²) in [4.78, 5) is 43.5. The van der Waals surface area contributed by atoms with Crippen LogP contribution in [0.2, 0.25) is 0 Å². The number of nitrogens with one attached hydrogen (secondary N) is 3. The van der Waals surface area contributed by atoms with E-state index in [-0.39, 0.29) is 11.7 Å². The molecular weight excluding hydrogens is 444 g/mol. The third-order valence-electron chi connectivity index (χ3n) is 5.14. The first-order valence-corrected chi connectivity index (χ1v) is 11.4. The van der Waals surface area contributed by atoms with Crippen LogP contribution in [0.1, 0.15) is 22.4 Å². The Bertz CT molecular complexity index is 1020. The number of amides is 3. The maximum atomic E-state index is 12.0. The van der Waals surface area contributed by atoms with Crippen LogP contribution < -0.4 is 21.7 Å². The number of urea groups is 1. The van der Waals surface area contributed by atoms with Gasteiger partial charge in [0.1, 0.15) is 23.0 Å². The van der Waals surface area contributed by atoms with Crippen molar-refractivity contribution < 1.29 is 9.59 Å². The van der Waals surface area contributed by atoms with Crippen molar-refractivity contribution in [2.45, 2.75) is 6.92 Å². The lowest BCUT2D eigenvalue weighted by atomic mass is 10.3. The predicted octanol–water partition coefficient (Wildman–Crippen LogP) is -0.241. The lowest BCUT2D eigenvalue weighted by Crippen LogP contribution is -2.46. The Labute approximate surface area is 196 Å². The van der Waals surface area contributed by atoms with Crippen LogP contribution in [-0.2, 0) is 0 Å². The predicted molar refractivity (Wildman–Crippen MR) is 129 cm³/mol. The molecule has 0 radical (unpaired) electrons. The van der Waals surface area contributed by atoms with Crippen LogP contribution in [0.4, 0.5) is 4.79 Å². The van der Waals surface area contributed by atoms with Gasteiger partial charge in [-0.25, -0.2) is 19.8 Å². The summed E-state index contributed by atoms with van der Waals surface area (Å²) in [6.45, 7) is 9.39. The van der Waals surface area contributed by atoms with E-state index < -0.39 is 6.03 Å². The molecule has 0 bridgehead atoms. The summed E-state index contributed by atoms with van der Waals surface area (Å²) in [7, 11) is 5.40. The van der Waals surface area contributed by atoms with Gasteiger partial charge < -0.3 is 31.1 Å². The molecule has 33 heavy (non-hydrogen) atoms. The van der Waals surface area contributed by atoms with Crippen molar-refractivity contribution in [2.24, 2.45) is 15.7 Å². The molecule has 178 valence electrons. The summed E-state index contributed by atoms with van der Waals surface area (Å²) in [5, 5.41) is 10.0. The normalized spacial score (nSPS) is 19.4. The van der Waals surface area contributed by atoms with E-state index in [4.69, 9.17) is 10.7 Å². The maximum absolute atomic E-state index is 12.0. The largest absolute Gasteiger partial charge is 0.383 e. The van der Waals surface area contributed by atoms with Crippen LogP contribution in [0, 0.1) is 0 Å². The fourth-order valence-electron chi connectivity index (χ4n) is 3.28. The van der Waals surface area contributed by atoms with E-state index in [9.17, 15) is 9.59 Å². The summed E-state index contributed by atoms with van der Waals surface area (Å²) in [5.41, 5.74) is 7.32. The van der Waals surface area contributed by atoms with Crippen LogP contribution in [0.15, 0.2) is 39.3 Å². The van der Waals surface area contributed by atoms with Gasteiger partial charge in [0.2, 0.25) is 0 Å². The van der Waals surface area contributed by atoms with Crippen LogP contribution in [0.5, 0.6) is 0 Å². The highest BCUT2D eigenvalue weighted by Crippen LogP contribution is 2.25. The summed E-state index contributed by atoms with van der Waals surface area (Å²) in [6, 6.07) is -0.402. The molecule has 5 N–H and O–H groups in total. The number of aromatic nitrogens is 1. The zero-order valence-corrected chi connectivity index (χ0v) is 20.1. The monoisotopic (exact) mass is 474 g/mol. The van der Waals surface area contributed by atoms with Crippen molar-refractivity contribution in [1.29, 1.82) is 0 Å².